The molecule has 0 unspecified atom stereocenters. The van der Waals surface area contributed by atoms with Crippen LogP contribution in [0.15, 0.2) is 29.3 Å². The van der Waals surface area contributed by atoms with E-state index in [1.54, 1.807) is 0 Å². The van der Waals surface area contributed by atoms with Gasteiger partial charge in [-0.25, -0.2) is 19.3 Å². The molecular formula is C9H6ClN3O3. The SMILES string of the molecule is O=C(O)c1ccc(-n2cn[nH]c2=O)c(Cl)c1. The molecule has 0 bridgehead atoms. The van der Waals surface area contributed by atoms with Gasteiger partial charge in [-0.1, -0.05) is 11.6 Å². The standard InChI is InChI=1S/C9H6ClN3O3/c10-6-3-5(8(14)15)1-2-7(6)13-4-11-12-9(13)16/h1-4H,(H,12,16)(H,14,15). The minimum Gasteiger partial charge on any atom is -0.478 e. The highest BCUT2D eigenvalue weighted by molar-refractivity contribution is 6.32. The highest BCUT2D eigenvalue weighted by atomic mass is 35.5. The quantitative estimate of drug-likeness (QED) is 0.815. The molecule has 1 aromatic heterocycles. The Morgan fingerprint density at radius 1 is 1.50 bits per heavy atom. The van der Waals surface area contributed by atoms with Crippen molar-refractivity contribution in [1.29, 1.82) is 0 Å². The van der Waals surface area contributed by atoms with Gasteiger partial charge in [-0.2, -0.15) is 5.10 Å². The summed E-state index contributed by atoms with van der Waals surface area (Å²) in [5, 5.41) is 14.7. The van der Waals surface area contributed by atoms with Crippen molar-refractivity contribution >= 4 is 17.6 Å². The van der Waals surface area contributed by atoms with Crippen LogP contribution in [0.3, 0.4) is 0 Å². The van der Waals surface area contributed by atoms with Crippen molar-refractivity contribution in [3.63, 3.8) is 0 Å². The number of nitrogens with one attached hydrogen (secondary N) is 1. The second kappa shape index (κ2) is 3.82. The van der Waals surface area contributed by atoms with E-state index < -0.39 is 11.7 Å². The number of hydrogen-bond donors (Lipinski definition) is 2. The van der Waals surface area contributed by atoms with Gasteiger partial charge in [0.1, 0.15) is 6.33 Å². The molecule has 7 heteroatoms. The molecule has 0 aliphatic carbocycles. The molecule has 0 radical (unpaired) electrons. The van der Waals surface area contributed by atoms with Crippen molar-refractivity contribution < 1.29 is 9.90 Å². The summed E-state index contributed by atoms with van der Waals surface area (Å²) in [4.78, 5) is 21.9. The summed E-state index contributed by atoms with van der Waals surface area (Å²) in [5.74, 6) is -1.08. The predicted molar refractivity (Wildman–Crippen MR) is 56.2 cm³/mol. The zero-order valence-corrected chi connectivity index (χ0v) is 8.60. The van der Waals surface area contributed by atoms with Crippen molar-refractivity contribution in [2.75, 3.05) is 0 Å². The number of hydrogen-bond acceptors (Lipinski definition) is 3. The van der Waals surface area contributed by atoms with E-state index in [1.165, 1.54) is 29.1 Å². The summed E-state index contributed by atoms with van der Waals surface area (Å²) in [7, 11) is 0. The Balaban J connectivity index is 2.57. The van der Waals surface area contributed by atoms with Crippen molar-refractivity contribution in [1.82, 2.24) is 14.8 Å². The number of carbonyl (C=O) groups is 1. The highest BCUT2D eigenvalue weighted by Crippen LogP contribution is 2.20. The molecule has 2 N–H and O–H groups in total. The average molecular weight is 240 g/mol. The van der Waals surface area contributed by atoms with Crippen LogP contribution in [0.25, 0.3) is 5.69 Å². The summed E-state index contributed by atoms with van der Waals surface area (Å²) in [5.41, 5.74) is 0.000635. The van der Waals surface area contributed by atoms with E-state index in [0.717, 1.165) is 0 Å². The van der Waals surface area contributed by atoms with E-state index in [1.807, 2.05) is 0 Å². The van der Waals surface area contributed by atoms with E-state index in [0.29, 0.717) is 5.69 Å². The lowest BCUT2D eigenvalue weighted by molar-refractivity contribution is 0.0697. The van der Waals surface area contributed by atoms with Crippen molar-refractivity contribution in [3.05, 3.63) is 45.6 Å². The Kier molecular flexibility index (Phi) is 2.49. The first-order valence-corrected chi connectivity index (χ1v) is 4.62. The van der Waals surface area contributed by atoms with E-state index >= 15 is 0 Å². The lowest BCUT2D eigenvalue weighted by Crippen LogP contribution is -2.14. The first kappa shape index (κ1) is 10.4. The van der Waals surface area contributed by atoms with Gasteiger partial charge in [-0.3, -0.25) is 0 Å². The van der Waals surface area contributed by atoms with Crippen LogP contribution in [0, 0.1) is 0 Å². The third kappa shape index (κ3) is 1.70. The van der Waals surface area contributed by atoms with Crippen molar-refractivity contribution in [2.45, 2.75) is 0 Å². The van der Waals surface area contributed by atoms with Gasteiger partial charge < -0.3 is 5.11 Å². The third-order valence-electron chi connectivity index (χ3n) is 2.01. The smallest absolute Gasteiger partial charge is 0.347 e. The summed E-state index contributed by atoms with van der Waals surface area (Å²) < 4.78 is 1.19. The fourth-order valence-corrected chi connectivity index (χ4v) is 1.53. The molecule has 0 aliphatic rings. The number of nitrogens with zero attached hydrogens (tertiary/aromatic N) is 2. The van der Waals surface area contributed by atoms with Crippen LogP contribution in [0.2, 0.25) is 5.02 Å². The summed E-state index contributed by atoms with van der Waals surface area (Å²) in [6.07, 6.45) is 1.27. The molecule has 6 nitrogen and oxygen atoms in total. The fourth-order valence-electron chi connectivity index (χ4n) is 1.26. The Morgan fingerprint density at radius 3 is 2.75 bits per heavy atom. The summed E-state index contributed by atoms with van der Waals surface area (Å²) in [6.45, 7) is 0. The first-order valence-electron chi connectivity index (χ1n) is 4.25. The van der Waals surface area contributed by atoms with Gasteiger partial charge in [0.2, 0.25) is 0 Å². The molecule has 0 saturated heterocycles. The van der Waals surface area contributed by atoms with Gasteiger partial charge in [-0.15, -0.1) is 0 Å². The normalized spacial score (nSPS) is 10.3. The molecule has 0 atom stereocenters. The second-order valence-corrected chi connectivity index (χ2v) is 3.41. The number of H-pyrrole nitrogens is 1. The Bertz CT molecular complexity index is 602. The maximum Gasteiger partial charge on any atom is 0.347 e. The van der Waals surface area contributed by atoms with Gasteiger partial charge >= 0.3 is 11.7 Å². The monoisotopic (exact) mass is 239 g/mol. The van der Waals surface area contributed by atoms with E-state index in [-0.39, 0.29) is 10.6 Å². The number of halogens is 1. The Hall–Kier alpha value is -2.08. The fraction of sp³-hybridized carbons (Fsp3) is 0. The minimum atomic E-state index is -1.08. The van der Waals surface area contributed by atoms with Crippen LogP contribution >= 0.6 is 11.6 Å². The molecule has 1 heterocycles. The number of carboxylic acids is 1. The van der Waals surface area contributed by atoms with Crippen molar-refractivity contribution in [2.24, 2.45) is 0 Å². The summed E-state index contributed by atoms with van der Waals surface area (Å²) in [6, 6.07) is 4.09. The van der Waals surface area contributed by atoms with Crippen LogP contribution in [-0.2, 0) is 0 Å². The maximum atomic E-state index is 11.3. The second-order valence-electron chi connectivity index (χ2n) is 3.00. The van der Waals surface area contributed by atoms with Gasteiger partial charge in [0, 0.05) is 0 Å². The zero-order chi connectivity index (χ0) is 11.7. The molecule has 2 rings (SSSR count). The average Bonchev–Trinajstić information content (AvgIpc) is 2.64. The topological polar surface area (TPSA) is 88.0 Å². The Morgan fingerprint density at radius 2 is 2.25 bits per heavy atom. The number of aromatic carboxylic acids is 1. The number of benzene rings is 1. The molecular weight excluding hydrogens is 234 g/mol. The molecule has 1 aromatic carbocycles. The molecule has 0 amide bonds. The largest absolute Gasteiger partial charge is 0.478 e. The zero-order valence-electron chi connectivity index (χ0n) is 7.85. The Labute approximate surface area is 94.1 Å². The molecule has 0 spiro atoms. The maximum absolute atomic E-state index is 11.3. The number of aromatic nitrogens is 3. The van der Waals surface area contributed by atoms with E-state index in [2.05, 4.69) is 10.2 Å². The number of aromatic amines is 1. The molecule has 82 valence electrons. The van der Waals surface area contributed by atoms with Gasteiger partial charge in [0.05, 0.1) is 16.3 Å². The molecule has 2 aromatic rings. The van der Waals surface area contributed by atoms with Crippen LogP contribution in [0.5, 0.6) is 0 Å². The first-order chi connectivity index (χ1) is 7.59. The van der Waals surface area contributed by atoms with Crippen LogP contribution in [-0.4, -0.2) is 25.8 Å². The van der Waals surface area contributed by atoms with E-state index in [9.17, 15) is 9.59 Å². The van der Waals surface area contributed by atoms with Crippen LogP contribution in [0.1, 0.15) is 10.4 Å². The number of carboxylic acid groups (broad SMARTS) is 1. The predicted octanol–water partition coefficient (Wildman–Crippen LogP) is 0.912. The molecule has 0 saturated carbocycles. The summed E-state index contributed by atoms with van der Waals surface area (Å²) >= 11 is 5.87. The highest BCUT2D eigenvalue weighted by Gasteiger charge is 2.09. The van der Waals surface area contributed by atoms with Gasteiger partial charge in [0.15, 0.2) is 0 Å². The lowest BCUT2D eigenvalue weighted by atomic mass is 10.2. The molecule has 0 fully saturated rings. The van der Waals surface area contributed by atoms with Crippen molar-refractivity contribution in [3.8, 4) is 5.69 Å². The minimum absolute atomic E-state index is 0.0605. The molecule has 0 aliphatic heterocycles. The van der Waals surface area contributed by atoms with Gasteiger partial charge in [0.25, 0.3) is 0 Å². The van der Waals surface area contributed by atoms with Crippen LogP contribution < -0.4 is 5.69 Å². The molecule has 16 heavy (non-hydrogen) atoms. The lowest BCUT2D eigenvalue weighted by Gasteiger charge is -2.03. The van der Waals surface area contributed by atoms with Gasteiger partial charge in [-0.05, 0) is 18.2 Å². The van der Waals surface area contributed by atoms with Crippen LogP contribution in [0.4, 0.5) is 0 Å². The third-order valence-corrected chi connectivity index (χ3v) is 2.31. The number of rotatable bonds is 2. The van der Waals surface area contributed by atoms with E-state index in [4.69, 9.17) is 16.7 Å².